The van der Waals surface area contributed by atoms with Crippen LogP contribution in [-0.2, 0) is 4.74 Å². The van der Waals surface area contributed by atoms with Crippen molar-refractivity contribution >= 4 is 11.9 Å². The Morgan fingerprint density at radius 2 is 2.06 bits per heavy atom. The van der Waals surface area contributed by atoms with Gasteiger partial charge in [0.2, 0.25) is 5.91 Å². The van der Waals surface area contributed by atoms with E-state index in [-0.39, 0.29) is 11.8 Å². The minimum atomic E-state index is -0.462. The molecule has 4 nitrogen and oxygen atoms in total. The molecule has 1 aromatic rings. The normalized spacial score (nSPS) is 16.3. The second-order valence-electron chi connectivity index (χ2n) is 4.07. The van der Waals surface area contributed by atoms with E-state index in [1.165, 1.54) is 11.7 Å². The van der Waals surface area contributed by atoms with Crippen molar-refractivity contribution in [3.05, 3.63) is 24.0 Å². The molecule has 1 saturated carbocycles. The Hall–Kier alpha value is -1.58. The number of hydrogen-bond acceptors (Lipinski definition) is 3. The van der Waals surface area contributed by atoms with E-state index in [9.17, 15) is 9.59 Å². The van der Waals surface area contributed by atoms with Gasteiger partial charge in [0.1, 0.15) is 5.69 Å². The Labute approximate surface area is 94.2 Å². The summed E-state index contributed by atoms with van der Waals surface area (Å²) in [6, 6.07) is 3.30. The summed E-state index contributed by atoms with van der Waals surface area (Å²) in [4.78, 5) is 23.5. The van der Waals surface area contributed by atoms with Crippen LogP contribution in [0.1, 0.15) is 41.0 Å². The fraction of sp³-hybridized carbons (Fsp3) is 0.500. The number of ether oxygens (including phenoxy) is 1. The summed E-state index contributed by atoms with van der Waals surface area (Å²) in [7, 11) is 1.32. The lowest BCUT2D eigenvalue weighted by molar-refractivity contribution is 0.0577. The molecule has 1 fully saturated rings. The molecule has 0 saturated heterocycles. The molecule has 2 rings (SSSR count). The van der Waals surface area contributed by atoms with E-state index in [0.29, 0.717) is 5.69 Å². The summed E-state index contributed by atoms with van der Waals surface area (Å²) in [5, 5.41) is 0. The van der Waals surface area contributed by atoms with Crippen LogP contribution in [-0.4, -0.2) is 23.6 Å². The maximum absolute atomic E-state index is 12.1. The maximum Gasteiger partial charge on any atom is 0.355 e. The van der Waals surface area contributed by atoms with Crippen molar-refractivity contribution in [1.82, 2.24) is 4.57 Å². The van der Waals surface area contributed by atoms with Crippen LogP contribution in [0.5, 0.6) is 0 Å². The molecule has 0 radical (unpaired) electrons. The molecule has 0 unspecified atom stereocenters. The predicted molar refractivity (Wildman–Crippen MR) is 58.4 cm³/mol. The zero-order valence-corrected chi connectivity index (χ0v) is 9.31. The van der Waals surface area contributed by atoms with Gasteiger partial charge in [0.05, 0.1) is 7.11 Å². The number of methoxy groups -OCH3 is 1. The summed E-state index contributed by atoms with van der Waals surface area (Å²) in [5.41, 5.74) is 0.319. The van der Waals surface area contributed by atoms with Crippen LogP contribution in [0, 0.1) is 5.92 Å². The fourth-order valence-corrected chi connectivity index (χ4v) is 2.21. The van der Waals surface area contributed by atoms with Gasteiger partial charge in [-0.3, -0.25) is 9.36 Å². The smallest absolute Gasteiger partial charge is 0.355 e. The predicted octanol–water partition coefficient (Wildman–Crippen LogP) is 2.11. The van der Waals surface area contributed by atoms with Gasteiger partial charge in [0.25, 0.3) is 0 Å². The Morgan fingerprint density at radius 1 is 1.38 bits per heavy atom. The molecule has 0 N–H and O–H groups in total. The largest absolute Gasteiger partial charge is 0.464 e. The number of carbonyl (C=O) groups excluding carboxylic acids is 2. The van der Waals surface area contributed by atoms with Crippen LogP contribution >= 0.6 is 0 Å². The third-order valence-corrected chi connectivity index (χ3v) is 3.09. The third kappa shape index (κ3) is 1.87. The molecule has 4 heteroatoms. The molecule has 86 valence electrons. The van der Waals surface area contributed by atoms with E-state index in [1.807, 2.05) is 0 Å². The van der Waals surface area contributed by atoms with E-state index in [0.717, 1.165) is 25.7 Å². The number of nitrogens with zero attached hydrogens (tertiary/aromatic N) is 1. The van der Waals surface area contributed by atoms with Crippen molar-refractivity contribution < 1.29 is 14.3 Å². The zero-order valence-electron chi connectivity index (χ0n) is 9.31. The molecule has 0 aliphatic heterocycles. The molecule has 1 heterocycles. The standard InChI is InChI=1S/C12H15NO3/c1-16-12(15)10-7-4-8-13(10)11(14)9-5-2-3-6-9/h4,7-9H,2-3,5-6H2,1H3. The van der Waals surface area contributed by atoms with Gasteiger partial charge in [-0.1, -0.05) is 12.8 Å². The molecule has 0 spiro atoms. The zero-order chi connectivity index (χ0) is 11.5. The lowest BCUT2D eigenvalue weighted by atomic mass is 10.1. The Morgan fingerprint density at radius 3 is 2.69 bits per heavy atom. The lowest BCUT2D eigenvalue weighted by Crippen LogP contribution is -2.22. The van der Waals surface area contributed by atoms with E-state index in [1.54, 1.807) is 18.3 Å². The summed E-state index contributed by atoms with van der Waals surface area (Å²) in [5.74, 6) is -0.380. The van der Waals surface area contributed by atoms with Crippen molar-refractivity contribution in [1.29, 1.82) is 0 Å². The topological polar surface area (TPSA) is 48.3 Å². The number of aromatic nitrogens is 1. The second kappa shape index (κ2) is 4.51. The minimum absolute atomic E-state index is 0.0166. The summed E-state index contributed by atoms with van der Waals surface area (Å²) >= 11 is 0. The average molecular weight is 221 g/mol. The van der Waals surface area contributed by atoms with Crippen LogP contribution in [0.25, 0.3) is 0 Å². The van der Waals surface area contributed by atoms with Crippen molar-refractivity contribution in [3.63, 3.8) is 0 Å². The molecule has 16 heavy (non-hydrogen) atoms. The van der Waals surface area contributed by atoms with Gasteiger partial charge in [0.15, 0.2) is 0 Å². The van der Waals surface area contributed by atoms with Crippen molar-refractivity contribution in [3.8, 4) is 0 Å². The molecule has 0 amide bonds. The van der Waals surface area contributed by atoms with Crippen LogP contribution in [0.3, 0.4) is 0 Å². The third-order valence-electron chi connectivity index (χ3n) is 3.09. The van der Waals surface area contributed by atoms with Gasteiger partial charge < -0.3 is 4.74 Å². The first kappa shape index (κ1) is 10.9. The molecular formula is C12H15NO3. The van der Waals surface area contributed by atoms with Gasteiger partial charge >= 0.3 is 5.97 Å². The maximum atomic E-state index is 12.1. The first-order valence-electron chi connectivity index (χ1n) is 5.54. The number of rotatable bonds is 2. The van der Waals surface area contributed by atoms with Gasteiger partial charge in [0, 0.05) is 12.1 Å². The molecule has 1 aliphatic carbocycles. The van der Waals surface area contributed by atoms with E-state index >= 15 is 0 Å². The summed E-state index contributed by atoms with van der Waals surface area (Å²) in [6.45, 7) is 0. The Bertz CT molecular complexity index is 402. The van der Waals surface area contributed by atoms with E-state index in [4.69, 9.17) is 0 Å². The molecule has 1 aromatic heterocycles. The quantitative estimate of drug-likeness (QED) is 0.718. The van der Waals surface area contributed by atoms with E-state index < -0.39 is 5.97 Å². The SMILES string of the molecule is COC(=O)c1cccn1C(=O)C1CCCC1. The van der Waals surface area contributed by atoms with Crippen molar-refractivity contribution in [2.45, 2.75) is 25.7 Å². The highest BCUT2D eigenvalue weighted by Gasteiger charge is 2.26. The summed E-state index contributed by atoms with van der Waals surface area (Å²) < 4.78 is 6.05. The van der Waals surface area contributed by atoms with Gasteiger partial charge in [-0.15, -0.1) is 0 Å². The molecule has 0 bridgehead atoms. The molecular weight excluding hydrogens is 206 g/mol. The van der Waals surface area contributed by atoms with Crippen LogP contribution < -0.4 is 0 Å². The highest BCUT2D eigenvalue weighted by molar-refractivity contribution is 5.94. The summed E-state index contributed by atoms with van der Waals surface area (Å²) in [6.07, 6.45) is 5.69. The lowest BCUT2D eigenvalue weighted by Gasteiger charge is -2.11. The van der Waals surface area contributed by atoms with Crippen LogP contribution in [0.2, 0.25) is 0 Å². The highest BCUT2D eigenvalue weighted by atomic mass is 16.5. The van der Waals surface area contributed by atoms with Crippen LogP contribution in [0.4, 0.5) is 0 Å². The first-order chi connectivity index (χ1) is 7.74. The number of carbonyl (C=O) groups is 2. The number of hydrogen-bond donors (Lipinski definition) is 0. The van der Waals surface area contributed by atoms with E-state index in [2.05, 4.69) is 4.74 Å². The number of esters is 1. The van der Waals surface area contributed by atoms with Gasteiger partial charge in [-0.05, 0) is 25.0 Å². The Balaban J connectivity index is 2.22. The monoisotopic (exact) mass is 221 g/mol. The minimum Gasteiger partial charge on any atom is -0.464 e. The van der Waals surface area contributed by atoms with Crippen LogP contribution in [0.15, 0.2) is 18.3 Å². The van der Waals surface area contributed by atoms with Gasteiger partial charge in [-0.2, -0.15) is 0 Å². The fourth-order valence-electron chi connectivity index (χ4n) is 2.21. The second-order valence-corrected chi connectivity index (χ2v) is 4.07. The molecule has 0 atom stereocenters. The highest BCUT2D eigenvalue weighted by Crippen LogP contribution is 2.26. The first-order valence-corrected chi connectivity index (χ1v) is 5.54. The average Bonchev–Trinajstić information content (AvgIpc) is 2.97. The van der Waals surface area contributed by atoms with Crippen molar-refractivity contribution in [2.75, 3.05) is 7.11 Å². The molecule has 0 aromatic carbocycles. The Kier molecular flexibility index (Phi) is 3.08. The van der Waals surface area contributed by atoms with Crippen molar-refractivity contribution in [2.24, 2.45) is 5.92 Å². The van der Waals surface area contributed by atoms with Gasteiger partial charge in [-0.25, -0.2) is 4.79 Å². The molecule has 1 aliphatic rings.